The molecule has 2 aromatic rings. The zero-order chi connectivity index (χ0) is 14.9. The molecule has 2 atom stereocenters. The molecule has 2 saturated heterocycles. The second-order valence-electron chi connectivity index (χ2n) is 6.39. The van der Waals surface area contributed by atoms with E-state index in [-0.39, 0.29) is 0 Å². The SMILES string of the molecule is Cc1cc(N2CC3CN(Cc4ccnnc4)CC3C2)ncn1. The predicted octanol–water partition coefficient (Wildman–Crippen LogP) is 1.14. The number of nitrogens with zero attached hydrogens (tertiary/aromatic N) is 6. The van der Waals surface area contributed by atoms with Crippen LogP contribution in [-0.4, -0.2) is 51.2 Å². The lowest BCUT2D eigenvalue weighted by Gasteiger charge is -2.22. The number of rotatable bonds is 3. The molecule has 2 unspecified atom stereocenters. The van der Waals surface area contributed by atoms with Crippen molar-refractivity contribution in [2.24, 2.45) is 11.8 Å². The van der Waals surface area contributed by atoms with Crippen molar-refractivity contribution < 1.29 is 0 Å². The van der Waals surface area contributed by atoms with E-state index in [1.165, 1.54) is 5.56 Å². The minimum absolute atomic E-state index is 0.741. The van der Waals surface area contributed by atoms with Crippen molar-refractivity contribution in [2.75, 3.05) is 31.1 Å². The largest absolute Gasteiger partial charge is 0.356 e. The van der Waals surface area contributed by atoms with Gasteiger partial charge in [-0.2, -0.15) is 10.2 Å². The fourth-order valence-corrected chi connectivity index (χ4v) is 3.69. The molecule has 2 aromatic heterocycles. The van der Waals surface area contributed by atoms with Crippen LogP contribution in [-0.2, 0) is 6.54 Å². The van der Waals surface area contributed by atoms with Gasteiger partial charge in [0.05, 0.1) is 6.20 Å². The number of aryl methyl sites for hydroxylation is 1. The van der Waals surface area contributed by atoms with Crippen LogP contribution in [0.15, 0.2) is 30.9 Å². The molecule has 4 heterocycles. The van der Waals surface area contributed by atoms with Gasteiger partial charge in [0.2, 0.25) is 0 Å². The summed E-state index contributed by atoms with van der Waals surface area (Å²) in [6, 6.07) is 4.14. The second kappa shape index (κ2) is 5.61. The van der Waals surface area contributed by atoms with E-state index in [0.717, 1.165) is 56.1 Å². The Hall–Kier alpha value is -2.08. The van der Waals surface area contributed by atoms with Gasteiger partial charge in [-0.05, 0) is 30.4 Å². The molecule has 2 aliphatic heterocycles. The van der Waals surface area contributed by atoms with Crippen LogP contribution in [0.4, 0.5) is 5.82 Å². The first-order valence-electron chi connectivity index (χ1n) is 7.79. The van der Waals surface area contributed by atoms with Gasteiger partial charge in [0, 0.05) is 50.7 Å². The molecule has 0 radical (unpaired) electrons. The summed E-state index contributed by atoms with van der Waals surface area (Å²) in [5.41, 5.74) is 2.28. The fraction of sp³-hybridized carbons (Fsp3) is 0.500. The zero-order valence-corrected chi connectivity index (χ0v) is 12.8. The number of aromatic nitrogens is 4. The van der Waals surface area contributed by atoms with Crippen molar-refractivity contribution >= 4 is 5.82 Å². The lowest BCUT2D eigenvalue weighted by Crippen LogP contribution is -2.29. The first-order chi connectivity index (χ1) is 10.8. The molecule has 0 aromatic carbocycles. The van der Waals surface area contributed by atoms with Gasteiger partial charge in [0.1, 0.15) is 12.1 Å². The third-order valence-corrected chi connectivity index (χ3v) is 4.73. The summed E-state index contributed by atoms with van der Waals surface area (Å²) in [6.07, 6.45) is 5.30. The van der Waals surface area contributed by atoms with Crippen molar-refractivity contribution in [3.05, 3.63) is 42.1 Å². The Kier molecular flexibility index (Phi) is 3.46. The van der Waals surface area contributed by atoms with Crippen molar-refractivity contribution in [1.82, 2.24) is 25.1 Å². The van der Waals surface area contributed by atoms with Crippen molar-refractivity contribution in [3.8, 4) is 0 Å². The van der Waals surface area contributed by atoms with Crippen LogP contribution in [0.2, 0.25) is 0 Å². The van der Waals surface area contributed by atoms with E-state index in [1.807, 2.05) is 13.1 Å². The maximum Gasteiger partial charge on any atom is 0.132 e. The zero-order valence-electron chi connectivity index (χ0n) is 12.8. The minimum Gasteiger partial charge on any atom is -0.356 e. The molecule has 2 fully saturated rings. The maximum absolute atomic E-state index is 4.42. The molecule has 114 valence electrons. The fourth-order valence-electron chi connectivity index (χ4n) is 3.69. The second-order valence-corrected chi connectivity index (χ2v) is 6.39. The molecule has 22 heavy (non-hydrogen) atoms. The summed E-state index contributed by atoms with van der Waals surface area (Å²) < 4.78 is 0. The molecule has 0 aliphatic carbocycles. The number of anilines is 1. The Morgan fingerprint density at radius 1 is 1.09 bits per heavy atom. The highest BCUT2D eigenvalue weighted by Crippen LogP contribution is 2.33. The molecule has 2 aliphatic rings. The lowest BCUT2D eigenvalue weighted by molar-refractivity contribution is 0.308. The number of hydrogen-bond acceptors (Lipinski definition) is 6. The van der Waals surface area contributed by atoms with E-state index < -0.39 is 0 Å². The highest BCUT2D eigenvalue weighted by Gasteiger charge is 2.40. The molecule has 0 saturated carbocycles. The molecule has 6 nitrogen and oxygen atoms in total. The van der Waals surface area contributed by atoms with Gasteiger partial charge in [-0.15, -0.1) is 0 Å². The molecule has 0 spiro atoms. The third kappa shape index (κ3) is 2.66. The van der Waals surface area contributed by atoms with Crippen molar-refractivity contribution in [1.29, 1.82) is 0 Å². The standard InChI is InChI=1S/C16H20N6/c1-12-4-16(18-11-17-12)22-9-14-7-21(8-15(14)10-22)6-13-2-3-19-20-5-13/h2-5,11,14-15H,6-10H2,1H3. The van der Waals surface area contributed by atoms with E-state index >= 15 is 0 Å². The van der Waals surface area contributed by atoms with Crippen LogP contribution in [0.25, 0.3) is 0 Å². The van der Waals surface area contributed by atoms with Crippen molar-refractivity contribution in [3.63, 3.8) is 0 Å². The monoisotopic (exact) mass is 296 g/mol. The quantitative estimate of drug-likeness (QED) is 0.846. The number of fused-ring (bicyclic) bond motifs is 1. The summed E-state index contributed by atoms with van der Waals surface area (Å²) >= 11 is 0. The van der Waals surface area contributed by atoms with Crippen LogP contribution < -0.4 is 4.90 Å². The molecular formula is C16H20N6. The number of hydrogen-bond donors (Lipinski definition) is 0. The summed E-state index contributed by atoms with van der Waals surface area (Å²) in [7, 11) is 0. The molecular weight excluding hydrogens is 276 g/mol. The molecule has 0 N–H and O–H groups in total. The van der Waals surface area contributed by atoms with E-state index in [4.69, 9.17) is 0 Å². The van der Waals surface area contributed by atoms with Gasteiger partial charge in [0.25, 0.3) is 0 Å². The van der Waals surface area contributed by atoms with E-state index in [9.17, 15) is 0 Å². The topological polar surface area (TPSA) is 58.0 Å². The Bertz CT molecular complexity index is 632. The van der Waals surface area contributed by atoms with Crippen LogP contribution >= 0.6 is 0 Å². The first kappa shape index (κ1) is 13.6. The Morgan fingerprint density at radius 2 is 1.91 bits per heavy atom. The summed E-state index contributed by atoms with van der Waals surface area (Å²) in [6.45, 7) is 7.53. The summed E-state index contributed by atoms with van der Waals surface area (Å²) in [5, 5.41) is 7.80. The van der Waals surface area contributed by atoms with E-state index in [1.54, 1.807) is 12.5 Å². The van der Waals surface area contributed by atoms with Gasteiger partial charge < -0.3 is 4.90 Å². The summed E-state index contributed by atoms with van der Waals surface area (Å²) in [4.78, 5) is 13.6. The van der Waals surface area contributed by atoms with E-state index in [0.29, 0.717) is 0 Å². The summed E-state index contributed by atoms with van der Waals surface area (Å²) in [5.74, 6) is 2.56. The molecule has 6 heteroatoms. The third-order valence-electron chi connectivity index (χ3n) is 4.73. The normalized spacial score (nSPS) is 24.7. The lowest BCUT2D eigenvalue weighted by atomic mass is 10.0. The van der Waals surface area contributed by atoms with Crippen LogP contribution in [0.5, 0.6) is 0 Å². The smallest absolute Gasteiger partial charge is 0.132 e. The minimum atomic E-state index is 0.741. The maximum atomic E-state index is 4.42. The Labute approximate surface area is 130 Å². The Morgan fingerprint density at radius 3 is 2.59 bits per heavy atom. The van der Waals surface area contributed by atoms with Gasteiger partial charge >= 0.3 is 0 Å². The average Bonchev–Trinajstić information content (AvgIpc) is 3.06. The van der Waals surface area contributed by atoms with Crippen LogP contribution in [0, 0.1) is 18.8 Å². The highest BCUT2D eigenvalue weighted by atomic mass is 15.3. The predicted molar refractivity (Wildman–Crippen MR) is 83.3 cm³/mol. The average molecular weight is 296 g/mol. The van der Waals surface area contributed by atoms with E-state index in [2.05, 4.69) is 42.1 Å². The first-order valence-corrected chi connectivity index (χ1v) is 7.79. The Balaban J connectivity index is 1.38. The molecule has 0 amide bonds. The van der Waals surface area contributed by atoms with Gasteiger partial charge in [-0.25, -0.2) is 9.97 Å². The molecule has 0 bridgehead atoms. The van der Waals surface area contributed by atoms with Crippen LogP contribution in [0.1, 0.15) is 11.3 Å². The van der Waals surface area contributed by atoms with Gasteiger partial charge in [-0.3, -0.25) is 4.90 Å². The highest BCUT2D eigenvalue weighted by molar-refractivity contribution is 5.40. The van der Waals surface area contributed by atoms with Crippen molar-refractivity contribution in [2.45, 2.75) is 13.5 Å². The van der Waals surface area contributed by atoms with Crippen LogP contribution in [0.3, 0.4) is 0 Å². The molecule has 4 rings (SSSR count). The van der Waals surface area contributed by atoms with Gasteiger partial charge in [-0.1, -0.05) is 0 Å². The number of likely N-dealkylation sites (tertiary alicyclic amines) is 1. The van der Waals surface area contributed by atoms with Gasteiger partial charge in [0.15, 0.2) is 0 Å².